The van der Waals surface area contributed by atoms with E-state index in [1.54, 1.807) is 0 Å². The van der Waals surface area contributed by atoms with Crippen LogP contribution >= 0.6 is 28.1 Å². The highest BCUT2D eigenvalue weighted by atomic mass is 79.9. The first kappa shape index (κ1) is 9.68. The van der Waals surface area contributed by atoms with Gasteiger partial charge in [-0.1, -0.05) is 40.3 Å². The molecule has 0 unspecified atom stereocenters. The molecule has 0 spiro atoms. The standard InChI is InChI=1S/C9H10BrNS/c1-6-2-3-7(4-8(6)10)5-9(11)12/h2-4H,5H2,1H3,(H2,11,12). The number of aryl methyl sites for hydroxylation is 1. The molecule has 0 amide bonds. The largest absolute Gasteiger partial charge is 0.393 e. The molecule has 1 aromatic carbocycles. The summed E-state index contributed by atoms with van der Waals surface area (Å²) in [6, 6.07) is 6.14. The van der Waals surface area contributed by atoms with E-state index in [1.807, 2.05) is 6.07 Å². The second kappa shape index (κ2) is 4.01. The van der Waals surface area contributed by atoms with Gasteiger partial charge in [-0.2, -0.15) is 0 Å². The van der Waals surface area contributed by atoms with Gasteiger partial charge in [-0.05, 0) is 24.1 Å². The maximum absolute atomic E-state index is 5.43. The Morgan fingerprint density at radius 1 is 1.58 bits per heavy atom. The van der Waals surface area contributed by atoms with Gasteiger partial charge < -0.3 is 5.73 Å². The smallest absolute Gasteiger partial charge is 0.0771 e. The predicted molar refractivity (Wildman–Crippen MR) is 59.4 cm³/mol. The van der Waals surface area contributed by atoms with Crippen molar-refractivity contribution in [3.8, 4) is 0 Å². The molecule has 0 bridgehead atoms. The number of rotatable bonds is 2. The summed E-state index contributed by atoms with van der Waals surface area (Å²) >= 11 is 8.27. The Bertz CT molecular complexity index is 309. The minimum absolute atomic E-state index is 0.533. The topological polar surface area (TPSA) is 26.0 Å². The highest BCUT2D eigenvalue weighted by molar-refractivity contribution is 9.10. The maximum Gasteiger partial charge on any atom is 0.0771 e. The molecule has 0 saturated carbocycles. The van der Waals surface area contributed by atoms with Gasteiger partial charge in [0.25, 0.3) is 0 Å². The first-order valence-electron chi connectivity index (χ1n) is 3.63. The normalized spacial score (nSPS) is 9.83. The van der Waals surface area contributed by atoms with Crippen LogP contribution in [0.25, 0.3) is 0 Å². The first-order chi connectivity index (χ1) is 5.59. The van der Waals surface area contributed by atoms with E-state index in [1.165, 1.54) is 5.56 Å². The lowest BCUT2D eigenvalue weighted by Gasteiger charge is -2.02. The van der Waals surface area contributed by atoms with Crippen molar-refractivity contribution in [1.82, 2.24) is 0 Å². The number of halogens is 1. The van der Waals surface area contributed by atoms with Crippen molar-refractivity contribution in [3.63, 3.8) is 0 Å². The van der Waals surface area contributed by atoms with E-state index in [2.05, 4.69) is 35.0 Å². The van der Waals surface area contributed by atoms with E-state index >= 15 is 0 Å². The van der Waals surface area contributed by atoms with E-state index in [0.29, 0.717) is 11.4 Å². The van der Waals surface area contributed by atoms with Gasteiger partial charge in [0, 0.05) is 10.9 Å². The molecule has 1 nitrogen and oxygen atoms in total. The molecule has 0 heterocycles. The van der Waals surface area contributed by atoms with Crippen LogP contribution < -0.4 is 5.73 Å². The fourth-order valence-electron chi connectivity index (χ4n) is 0.948. The zero-order valence-electron chi connectivity index (χ0n) is 6.80. The number of hydrogen-bond acceptors (Lipinski definition) is 1. The van der Waals surface area contributed by atoms with Crippen molar-refractivity contribution in [2.45, 2.75) is 13.3 Å². The lowest BCUT2D eigenvalue weighted by Crippen LogP contribution is -2.10. The number of hydrogen-bond donors (Lipinski definition) is 1. The molecular formula is C9H10BrNS. The minimum atomic E-state index is 0.533. The van der Waals surface area contributed by atoms with E-state index in [0.717, 1.165) is 10.0 Å². The van der Waals surface area contributed by atoms with Crippen molar-refractivity contribution in [1.29, 1.82) is 0 Å². The van der Waals surface area contributed by atoms with Gasteiger partial charge in [-0.25, -0.2) is 0 Å². The average Bonchev–Trinajstić information content (AvgIpc) is 1.96. The molecule has 0 aromatic heterocycles. The maximum atomic E-state index is 5.43. The molecule has 0 atom stereocenters. The van der Waals surface area contributed by atoms with Crippen molar-refractivity contribution < 1.29 is 0 Å². The first-order valence-corrected chi connectivity index (χ1v) is 4.83. The Kier molecular flexibility index (Phi) is 3.23. The van der Waals surface area contributed by atoms with E-state index in [4.69, 9.17) is 18.0 Å². The lowest BCUT2D eigenvalue weighted by atomic mass is 10.1. The third-order valence-electron chi connectivity index (χ3n) is 1.61. The van der Waals surface area contributed by atoms with Gasteiger partial charge in [0.05, 0.1) is 4.99 Å². The zero-order valence-corrected chi connectivity index (χ0v) is 9.21. The van der Waals surface area contributed by atoms with E-state index < -0.39 is 0 Å². The van der Waals surface area contributed by atoms with Crippen LogP contribution in [0.15, 0.2) is 22.7 Å². The van der Waals surface area contributed by atoms with Crippen molar-refractivity contribution >= 4 is 33.1 Å². The number of thiocarbonyl (C=S) groups is 1. The third-order valence-corrected chi connectivity index (χ3v) is 2.61. The Hall–Kier alpha value is -0.410. The summed E-state index contributed by atoms with van der Waals surface area (Å²) in [7, 11) is 0. The fraction of sp³-hybridized carbons (Fsp3) is 0.222. The van der Waals surface area contributed by atoms with Gasteiger partial charge in [0.2, 0.25) is 0 Å². The molecule has 12 heavy (non-hydrogen) atoms. The SMILES string of the molecule is Cc1ccc(CC(N)=S)cc1Br. The molecule has 0 saturated heterocycles. The second-order valence-electron chi connectivity index (χ2n) is 2.73. The Morgan fingerprint density at radius 2 is 2.25 bits per heavy atom. The molecule has 3 heteroatoms. The second-order valence-corrected chi connectivity index (χ2v) is 4.11. The summed E-state index contributed by atoms with van der Waals surface area (Å²) < 4.78 is 1.11. The highest BCUT2D eigenvalue weighted by Gasteiger charge is 1.98. The van der Waals surface area contributed by atoms with Gasteiger partial charge >= 0.3 is 0 Å². The quantitative estimate of drug-likeness (QED) is 0.809. The number of benzene rings is 1. The molecule has 0 fully saturated rings. The summed E-state index contributed by atoms with van der Waals surface area (Å²) in [6.07, 6.45) is 0.675. The van der Waals surface area contributed by atoms with Crippen LogP contribution in [0.2, 0.25) is 0 Å². The summed E-state index contributed by atoms with van der Waals surface area (Å²) in [4.78, 5) is 0.533. The third kappa shape index (κ3) is 2.57. The van der Waals surface area contributed by atoms with Crippen molar-refractivity contribution in [2.75, 3.05) is 0 Å². The molecule has 0 aliphatic carbocycles. The zero-order chi connectivity index (χ0) is 9.14. The summed E-state index contributed by atoms with van der Waals surface area (Å²) in [6.45, 7) is 2.05. The molecule has 2 N–H and O–H groups in total. The van der Waals surface area contributed by atoms with Gasteiger partial charge in [-0.15, -0.1) is 0 Å². The summed E-state index contributed by atoms with van der Waals surface area (Å²) in [5, 5.41) is 0. The van der Waals surface area contributed by atoms with Gasteiger partial charge in [-0.3, -0.25) is 0 Å². The Morgan fingerprint density at radius 3 is 2.75 bits per heavy atom. The monoisotopic (exact) mass is 243 g/mol. The Balaban J connectivity index is 2.89. The van der Waals surface area contributed by atoms with Crippen LogP contribution in [0.4, 0.5) is 0 Å². The summed E-state index contributed by atoms with van der Waals surface area (Å²) in [5.74, 6) is 0. The Labute approximate surface area is 86.1 Å². The number of nitrogens with two attached hydrogens (primary N) is 1. The van der Waals surface area contributed by atoms with Crippen LogP contribution in [-0.2, 0) is 6.42 Å². The fourth-order valence-corrected chi connectivity index (χ4v) is 1.54. The van der Waals surface area contributed by atoms with Crippen LogP contribution in [0.1, 0.15) is 11.1 Å². The molecule has 0 aliphatic rings. The summed E-state index contributed by atoms with van der Waals surface area (Å²) in [5.41, 5.74) is 7.81. The molecule has 64 valence electrons. The average molecular weight is 244 g/mol. The highest BCUT2D eigenvalue weighted by Crippen LogP contribution is 2.17. The van der Waals surface area contributed by atoms with Crippen molar-refractivity contribution in [3.05, 3.63) is 33.8 Å². The van der Waals surface area contributed by atoms with E-state index in [-0.39, 0.29) is 0 Å². The molecule has 1 aromatic rings. The minimum Gasteiger partial charge on any atom is -0.393 e. The van der Waals surface area contributed by atoms with Crippen LogP contribution in [-0.4, -0.2) is 4.99 Å². The van der Waals surface area contributed by atoms with Gasteiger partial charge in [0.15, 0.2) is 0 Å². The molecule has 1 rings (SSSR count). The van der Waals surface area contributed by atoms with Crippen LogP contribution in [0.5, 0.6) is 0 Å². The van der Waals surface area contributed by atoms with Crippen LogP contribution in [0.3, 0.4) is 0 Å². The molecular weight excluding hydrogens is 234 g/mol. The van der Waals surface area contributed by atoms with Gasteiger partial charge in [0.1, 0.15) is 0 Å². The van der Waals surface area contributed by atoms with Crippen molar-refractivity contribution in [2.24, 2.45) is 5.73 Å². The predicted octanol–water partition coefficient (Wildman–Crippen LogP) is 2.59. The van der Waals surface area contributed by atoms with Crippen LogP contribution in [0, 0.1) is 6.92 Å². The molecule has 0 radical (unpaired) electrons. The lowest BCUT2D eigenvalue weighted by molar-refractivity contribution is 1.29. The molecule has 0 aliphatic heterocycles. The van der Waals surface area contributed by atoms with E-state index in [9.17, 15) is 0 Å².